The second-order valence-electron chi connectivity index (χ2n) is 7.25. The molecule has 0 aliphatic carbocycles. The van der Waals surface area contributed by atoms with Gasteiger partial charge in [-0.2, -0.15) is 0 Å². The van der Waals surface area contributed by atoms with Crippen molar-refractivity contribution in [2.75, 3.05) is 52.9 Å². The van der Waals surface area contributed by atoms with Crippen molar-refractivity contribution in [3.05, 3.63) is 48.0 Å². The molecule has 1 heterocycles. The monoisotopic (exact) mass is 426 g/mol. The van der Waals surface area contributed by atoms with Crippen LogP contribution in [0.15, 0.2) is 42.5 Å². The van der Waals surface area contributed by atoms with Crippen molar-refractivity contribution < 1.29 is 23.7 Å². The van der Waals surface area contributed by atoms with Crippen LogP contribution < -0.4 is 23.8 Å². The van der Waals surface area contributed by atoms with Crippen molar-refractivity contribution in [1.29, 1.82) is 0 Å². The smallest absolute Gasteiger partial charge is 0.246 e. The summed E-state index contributed by atoms with van der Waals surface area (Å²) in [5.41, 5.74) is 1.82. The molecule has 166 valence electrons. The van der Waals surface area contributed by atoms with Gasteiger partial charge in [-0.05, 0) is 31.2 Å². The van der Waals surface area contributed by atoms with Crippen LogP contribution in [0.4, 0.5) is 5.69 Å². The van der Waals surface area contributed by atoms with Crippen molar-refractivity contribution in [3.63, 3.8) is 0 Å². The Kier molecular flexibility index (Phi) is 7.28. The molecule has 0 radical (unpaired) electrons. The first-order chi connectivity index (χ1) is 15.0. The van der Waals surface area contributed by atoms with Gasteiger partial charge in [-0.3, -0.25) is 4.79 Å². The zero-order chi connectivity index (χ0) is 22.4. The van der Waals surface area contributed by atoms with Crippen LogP contribution in [-0.2, 0) is 4.79 Å². The van der Waals surface area contributed by atoms with Crippen LogP contribution in [0.1, 0.15) is 12.5 Å². The van der Waals surface area contributed by atoms with Gasteiger partial charge in [-0.15, -0.1) is 0 Å². The molecule has 1 atom stereocenters. The lowest BCUT2D eigenvalue weighted by Crippen LogP contribution is -2.46. The van der Waals surface area contributed by atoms with Gasteiger partial charge >= 0.3 is 0 Å². The molecule has 3 rings (SSSR count). The number of hydrogen-bond acceptors (Lipinski definition) is 6. The molecule has 1 amide bonds. The quantitative estimate of drug-likeness (QED) is 0.603. The van der Waals surface area contributed by atoms with Gasteiger partial charge in [0.2, 0.25) is 5.91 Å². The number of anilines is 1. The largest absolute Gasteiger partial charge is 0.496 e. The summed E-state index contributed by atoms with van der Waals surface area (Å²) in [4.78, 5) is 16.7. The van der Waals surface area contributed by atoms with Crippen molar-refractivity contribution >= 4 is 17.7 Å². The topological polar surface area (TPSA) is 60.5 Å². The number of likely N-dealkylation sites (N-methyl/N-ethyl adjacent to an activating group) is 2. The van der Waals surface area contributed by atoms with Gasteiger partial charge in [0, 0.05) is 31.3 Å². The summed E-state index contributed by atoms with van der Waals surface area (Å²) in [6.07, 6.45) is 3.14. The molecule has 2 aromatic carbocycles. The maximum atomic E-state index is 12.7. The summed E-state index contributed by atoms with van der Waals surface area (Å²) in [5.74, 6) is 2.46. The van der Waals surface area contributed by atoms with Crippen LogP contribution in [0.25, 0.3) is 6.08 Å². The average Bonchev–Trinajstić information content (AvgIpc) is 2.81. The molecule has 0 saturated heterocycles. The summed E-state index contributed by atoms with van der Waals surface area (Å²) in [5, 5.41) is 0. The molecule has 0 saturated carbocycles. The Morgan fingerprint density at radius 3 is 2.48 bits per heavy atom. The minimum absolute atomic E-state index is 0.104. The SMILES string of the molecule is CCN1C[C@H](CN(C)C(=O)/C=C/c2cc(OC)c(OC)cc2OC)Oc2ccccc21. The summed E-state index contributed by atoms with van der Waals surface area (Å²) >= 11 is 0. The van der Waals surface area contributed by atoms with Crippen molar-refractivity contribution in [2.45, 2.75) is 13.0 Å². The maximum absolute atomic E-state index is 12.7. The molecular weight excluding hydrogens is 396 g/mol. The molecule has 0 fully saturated rings. The van der Waals surface area contributed by atoms with Crippen LogP contribution in [0.2, 0.25) is 0 Å². The van der Waals surface area contributed by atoms with Gasteiger partial charge in [0.05, 0.1) is 40.1 Å². The predicted molar refractivity (Wildman–Crippen MR) is 122 cm³/mol. The van der Waals surface area contributed by atoms with Gasteiger partial charge < -0.3 is 28.7 Å². The van der Waals surface area contributed by atoms with E-state index in [0.717, 1.165) is 30.1 Å². The minimum Gasteiger partial charge on any atom is -0.496 e. The van der Waals surface area contributed by atoms with Crippen molar-refractivity contribution in [1.82, 2.24) is 4.90 Å². The van der Waals surface area contributed by atoms with E-state index in [9.17, 15) is 4.79 Å². The summed E-state index contributed by atoms with van der Waals surface area (Å²) in [7, 11) is 6.48. The van der Waals surface area contributed by atoms with E-state index < -0.39 is 0 Å². The lowest BCUT2D eigenvalue weighted by atomic mass is 10.1. The minimum atomic E-state index is -0.123. The van der Waals surface area contributed by atoms with E-state index in [0.29, 0.717) is 23.8 Å². The number of hydrogen-bond donors (Lipinski definition) is 0. The molecule has 0 bridgehead atoms. The highest BCUT2D eigenvalue weighted by Gasteiger charge is 2.26. The zero-order valence-corrected chi connectivity index (χ0v) is 18.8. The third-order valence-corrected chi connectivity index (χ3v) is 5.30. The van der Waals surface area contributed by atoms with Crippen molar-refractivity contribution in [2.24, 2.45) is 0 Å². The number of carbonyl (C=O) groups is 1. The van der Waals surface area contributed by atoms with E-state index in [4.69, 9.17) is 18.9 Å². The first kappa shape index (κ1) is 22.3. The fourth-order valence-corrected chi connectivity index (χ4v) is 3.64. The van der Waals surface area contributed by atoms with Crippen LogP contribution in [0.5, 0.6) is 23.0 Å². The maximum Gasteiger partial charge on any atom is 0.246 e. The number of nitrogens with zero attached hydrogens (tertiary/aromatic N) is 2. The number of carbonyl (C=O) groups excluding carboxylic acids is 1. The van der Waals surface area contributed by atoms with Crippen LogP contribution in [0.3, 0.4) is 0 Å². The Hall–Kier alpha value is -3.35. The first-order valence-electron chi connectivity index (χ1n) is 10.2. The van der Waals surface area contributed by atoms with Gasteiger partial charge in [0.25, 0.3) is 0 Å². The second kappa shape index (κ2) is 10.1. The Balaban J connectivity index is 1.69. The molecule has 31 heavy (non-hydrogen) atoms. The lowest BCUT2D eigenvalue weighted by Gasteiger charge is -2.37. The van der Waals surface area contributed by atoms with Gasteiger partial charge in [0.1, 0.15) is 17.6 Å². The van der Waals surface area contributed by atoms with E-state index in [1.54, 1.807) is 51.5 Å². The lowest BCUT2D eigenvalue weighted by molar-refractivity contribution is -0.125. The van der Waals surface area contributed by atoms with Crippen LogP contribution >= 0.6 is 0 Å². The predicted octanol–water partition coefficient (Wildman–Crippen LogP) is 3.47. The fraction of sp³-hybridized carbons (Fsp3) is 0.375. The Morgan fingerprint density at radius 1 is 1.13 bits per heavy atom. The Labute approximate surface area is 183 Å². The van der Waals surface area contributed by atoms with Gasteiger partial charge in [0.15, 0.2) is 11.5 Å². The fourth-order valence-electron chi connectivity index (χ4n) is 3.64. The third kappa shape index (κ3) is 5.05. The van der Waals surface area contributed by atoms with E-state index in [1.807, 2.05) is 18.2 Å². The first-order valence-corrected chi connectivity index (χ1v) is 10.2. The highest BCUT2D eigenvalue weighted by atomic mass is 16.5. The number of rotatable bonds is 8. The molecular formula is C24H30N2O5. The summed E-state index contributed by atoms with van der Waals surface area (Å²) in [6.45, 7) is 4.22. The number of para-hydroxylation sites is 2. The molecule has 0 spiro atoms. The number of methoxy groups -OCH3 is 3. The normalized spacial score (nSPS) is 15.3. The summed E-state index contributed by atoms with van der Waals surface area (Å²) < 4.78 is 22.2. The number of benzene rings is 2. The van der Waals surface area contributed by atoms with Gasteiger partial charge in [-0.1, -0.05) is 12.1 Å². The van der Waals surface area contributed by atoms with E-state index >= 15 is 0 Å². The number of amides is 1. The number of fused-ring (bicyclic) bond motifs is 1. The highest BCUT2D eigenvalue weighted by Crippen LogP contribution is 2.35. The molecule has 0 unspecified atom stereocenters. The summed E-state index contributed by atoms with van der Waals surface area (Å²) in [6, 6.07) is 11.5. The second-order valence-corrected chi connectivity index (χ2v) is 7.25. The Morgan fingerprint density at radius 2 is 1.81 bits per heavy atom. The van der Waals surface area contributed by atoms with Gasteiger partial charge in [-0.25, -0.2) is 0 Å². The molecule has 0 aromatic heterocycles. The molecule has 2 aromatic rings. The molecule has 7 nitrogen and oxygen atoms in total. The van der Waals surface area contributed by atoms with Crippen molar-refractivity contribution in [3.8, 4) is 23.0 Å². The molecule has 7 heteroatoms. The van der Waals surface area contributed by atoms with E-state index in [2.05, 4.69) is 17.9 Å². The highest BCUT2D eigenvalue weighted by molar-refractivity contribution is 5.92. The molecule has 1 aliphatic rings. The van der Waals surface area contributed by atoms with E-state index in [1.165, 1.54) is 6.08 Å². The van der Waals surface area contributed by atoms with Crippen LogP contribution in [0, 0.1) is 0 Å². The zero-order valence-electron chi connectivity index (χ0n) is 18.8. The standard InChI is InChI=1S/C24H30N2O5/c1-6-26-16-18(31-20-10-8-7-9-19(20)26)15-25(2)24(27)12-11-17-13-22(29-4)23(30-5)14-21(17)28-3/h7-14,18H,6,15-16H2,1-5H3/b12-11+/t18-/m0/s1. The molecule has 1 aliphatic heterocycles. The molecule has 0 N–H and O–H groups in total. The third-order valence-electron chi connectivity index (χ3n) is 5.30. The van der Waals surface area contributed by atoms with Crippen LogP contribution in [-0.4, -0.2) is 64.9 Å². The average molecular weight is 427 g/mol. The number of ether oxygens (including phenoxy) is 4. The van der Waals surface area contributed by atoms with E-state index in [-0.39, 0.29) is 12.0 Å². The Bertz CT molecular complexity index is 944.